The maximum Gasteiger partial charge on any atom is 0.186 e. The summed E-state index contributed by atoms with van der Waals surface area (Å²) < 4.78 is 5.92. The number of hydrogen-bond acceptors (Lipinski definition) is 4. The van der Waals surface area contributed by atoms with Crippen molar-refractivity contribution in [3.63, 3.8) is 0 Å². The Hall–Kier alpha value is 0.0569. The third kappa shape index (κ3) is 12.3. The quantitative estimate of drug-likeness (QED) is 0.364. The molecule has 0 saturated carbocycles. The highest BCUT2D eigenvalue weighted by atomic mass is 28.4. The van der Waals surface area contributed by atoms with Crippen LogP contribution in [0.5, 0.6) is 0 Å². The maximum absolute atomic E-state index is 5.92. The Morgan fingerprint density at radius 2 is 1.71 bits per heavy atom. The lowest BCUT2D eigenvalue weighted by atomic mass is 10.4. The predicted molar refractivity (Wildman–Crippen MR) is 77.9 cm³/mol. The monoisotopic (exact) mass is 261 g/mol. The topological polar surface area (TPSA) is 59.3 Å². The molecule has 0 aromatic rings. The highest BCUT2D eigenvalue weighted by Crippen LogP contribution is 2.13. The number of nitrogens with two attached hydrogens (primary N) is 1. The van der Waals surface area contributed by atoms with Gasteiger partial charge in [-0.25, -0.2) is 0 Å². The van der Waals surface area contributed by atoms with Gasteiger partial charge in [-0.15, -0.1) is 0 Å². The fraction of sp³-hybridized carbons (Fsp3) is 1.00. The smallest absolute Gasteiger partial charge is 0.186 e. The van der Waals surface area contributed by atoms with Crippen LogP contribution in [0.3, 0.4) is 0 Å². The van der Waals surface area contributed by atoms with Gasteiger partial charge in [0, 0.05) is 32.8 Å². The highest BCUT2D eigenvalue weighted by Gasteiger charge is 2.20. The van der Waals surface area contributed by atoms with Crippen molar-refractivity contribution in [3.8, 4) is 0 Å². The van der Waals surface area contributed by atoms with E-state index < -0.39 is 8.32 Å². The molecule has 0 aromatic heterocycles. The van der Waals surface area contributed by atoms with Gasteiger partial charge in [0.15, 0.2) is 8.32 Å². The van der Waals surface area contributed by atoms with Crippen LogP contribution in [-0.4, -0.2) is 47.6 Å². The first-order valence-corrected chi connectivity index (χ1v) is 9.99. The van der Waals surface area contributed by atoms with Crippen LogP contribution in [0.4, 0.5) is 0 Å². The van der Waals surface area contributed by atoms with Crippen molar-refractivity contribution in [3.05, 3.63) is 0 Å². The molecule has 0 aliphatic carbocycles. The Balaban J connectivity index is 3.26. The molecule has 104 valence electrons. The summed E-state index contributed by atoms with van der Waals surface area (Å²) in [5.74, 6) is 0. The van der Waals surface area contributed by atoms with Gasteiger partial charge in [0.05, 0.1) is 0 Å². The first-order chi connectivity index (χ1) is 8.12. The van der Waals surface area contributed by atoms with E-state index >= 15 is 0 Å². The van der Waals surface area contributed by atoms with Crippen LogP contribution < -0.4 is 16.4 Å². The van der Waals surface area contributed by atoms with Gasteiger partial charge in [-0.3, -0.25) is 0 Å². The fourth-order valence-corrected chi connectivity index (χ4v) is 3.55. The minimum atomic E-state index is -1.38. The minimum Gasteiger partial charge on any atom is -0.417 e. The SMILES string of the molecule is CCCO[Si](C)(C)CCCNCCNCCN. The van der Waals surface area contributed by atoms with Gasteiger partial charge < -0.3 is 20.8 Å². The summed E-state index contributed by atoms with van der Waals surface area (Å²) in [6, 6.07) is 1.25. The second kappa shape index (κ2) is 11.2. The molecule has 5 heteroatoms. The van der Waals surface area contributed by atoms with Crippen molar-refractivity contribution in [2.45, 2.75) is 38.9 Å². The largest absolute Gasteiger partial charge is 0.417 e. The fourth-order valence-electron chi connectivity index (χ4n) is 1.62. The molecule has 0 heterocycles. The van der Waals surface area contributed by atoms with Crippen LogP contribution in [0, 0.1) is 0 Å². The molecule has 0 aromatic carbocycles. The minimum absolute atomic E-state index is 0.717. The molecule has 0 radical (unpaired) electrons. The number of hydrogen-bond donors (Lipinski definition) is 3. The van der Waals surface area contributed by atoms with Crippen LogP contribution in [0.2, 0.25) is 19.1 Å². The summed E-state index contributed by atoms with van der Waals surface area (Å²) in [4.78, 5) is 0. The van der Waals surface area contributed by atoms with Crippen molar-refractivity contribution in [1.29, 1.82) is 0 Å². The lowest BCUT2D eigenvalue weighted by Gasteiger charge is -2.22. The van der Waals surface area contributed by atoms with Gasteiger partial charge in [0.2, 0.25) is 0 Å². The van der Waals surface area contributed by atoms with Gasteiger partial charge in [0.25, 0.3) is 0 Å². The Bertz CT molecular complexity index is 168. The molecular formula is C12H31N3OSi. The van der Waals surface area contributed by atoms with Crippen molar-refractivity contribution >= 4 is 8.32 Å². The second-order valence-corrected chi connectivity index (χ2v) is 9.31. The summed E-state index contributed by atoms with van der Waals surface area (Å²) in [6.45, 7) is 12.5. The maximum atomic E-state index is 5.92. The summed E-state index contributed by atoms with van der Waals surface area (Å²) in [6.07, 6.45) is 2.35. The molecule has 0 bridgehead atoms. The molecule has 0 atom stereocenters. The van der Waals surface area contributed by atoms with Crippen molar-refractivity contribution in [2.75, 3.05) is 39.3 Å². The van der Waals surface area contributed by atoms with Crippen LogP contribution in [0.1, 0.15) is 19.8 Å². The summed E-state index contributed by atoms with van der Waals surface area (Å²) >= 11 is 0. The number of nitrogens with one attached hydrogen (secondary N) is 2. The second-order valence-electron chi connectivity index (χ2n) is 5.00. The molecule has 0 aliphatic heterocycles. The van der Waals surface area contributed by atoms with E-state index in [-0.39, 0.29) is 0 Å². The van der Waals surface area contributed by atoms with E-state index in [2.05, 4.69) is 30.7 Å². The van der Waals surface area contributed by atoms with E-state index in [9.17, 15) is 0 Å². The molecule has 0 aliphatic rings. The first kappa shape index (κ1) is 17.1. The lowest BCUT2D eigenvalue weighted by molar-refractivity contribution is 0.305. The Morgan fingerprint density at radius 3 is 2.29 bits per heavy atom. The Labute approximate surface area is 108 Å². The van der Waals surface area contributed by atoms with Crippen LogP contribution in [0.15, 0.2) is 0 Å². The summed E-state index contributed by atoms with van der Waals surface area (Å²) in [7, 11) is -1.38. The van der Waals surface area contributed by atoms with E-state index in [1.54, 1.807) is 0 Å². The highest BCUT2D eigenvalue weighted by molar-refractivity contribution is 6.71. The van der Waals surface area contributed by atoms with E-state index in [0.29, 0.717) is 6.54 Å². The summed E-state index contributed by atoms with van der Waals surface area (Å²) in [5.41, 5.74) is 5.39. The van der Waals surface area contributed by atoms with Gasteiger partial charge >= 0.3 is 0 Å². The molecule has 0 unspecified atom stereocenters. The summed E-state index contributed by atoms with van der Waals surface area (Å²) in [5, 5.41) is 6.70. The molecule has 0 amide bonds. The lowest BCUT2D eigenvalue weighted by Crippen LogP contribution is -2.33. The normalized spacial score (nSPS) is 12.0. The van der Waals surface area contributed by atoms with Gasteiger partial charge in [-0.1, -0.05) is 6.92 Å². The molecule has 17 heavy (non-hydrogen) atoms. The van der Waals surface area contributed by atoms with Crippen molar-refractivity contribution in [1.82, 2.24) is 10.6 Å². The zero-order valence-electron chi connectivity index (χ0n) is 11.8. The standard InChI is InChI=1S/C12H31N3OSi/c1-4-11-16-17(2,3)12-5-7-14-9-10-15-8-6-13/h14-15H,4-13H2,1-3H3. The van der Waals surface area contributed by atoms with E-state index in [1.807, 2.05) is 0 Å². The number of rotatable bonds is 12. The van der Waals surface area contributed by atoms with Crippen molar-refractivity contribution in [2.24, 2.45) is 5.73 Å². The zero-order chi connectivity index (χ0) is 13.0. The van der Waals surface area contributed by atoms with Crippen LogP contribution >= 0.6 is 0 Å². The van der Waals surface area contributed by atoms with Gasteiger partial charge in [-0.2, -0.15) is 0 Å². The van der Waals surface area contributed by atoms with Crippen LogP contribution in [-0.2, 0) is 4.43 Å². The molecular weight excluding hydrogens is 230 g/mol. The average Bonchev–Trinajstić information content (AvgIpc) is 2.30. The first-order valence-electron chi connectivity index (χ1n) is 6.88. The van der Waals surface area contributed by atoms with E-state index in [0.717, 1.165) is 39.2 Å². The van der Waals surface area contributed by atoms with E-state index in [4.69, 9.17) is 10.2 Å². The molecule has 4 nitrogen and oxygen atoms in total. The van der Waals surface area contributed by atoms with E-state index in [1.165, 1.54) is 12.5 Å². The van der Waals surface area contributed by atoms with Gasteiger partial charge in [-0.05, 0) is 38.5 Å². The molecule has 0 saturated heterocycles. The Kier molecular flexibility index (Phi) is 11.2. The average molecular weight is 261 g/mol. The third-order valence-electron chi connectivity index (χ3n) is 2.63. The molecule has 0 rings (SSSR count). The van der Waals surface area contributed by atoms with Gasteiger partial charge in [0.1, 0.15) is 0 Å². The third-order valence-corrected chi connectivity index (χ3v) is 5.17. The Morgan fingerprint density at radius 1 is 1.06 bits per heavy atom. The molecule has 0 spiro atoms. The van der Waals surface area contributed by atoms with Crippen LogP contribution in [0.25, 0.3) is 0 Å². The zero-order valence-corrected chi connectivity index (χ0v) is 12.8. The predicted octanol–water partition coefficient (Wildman–Crippen LogP) is 1.15. The molecule has 4 N–H and O–H groups in total. The van der Waals surface area contributed by atoms with Crippen molar-refractivity contribution < 1.29 is 4.43 Å². The molecule has 0 fully saturated rings.